The fourth-order valence-electron chi connectivity index (χ4n) is 2.19. The molecule has 0 aliphatic rings. The molecule has 0 aliphatic carbocycles. The van der Waals surface area contributed by atoms with Gasteiger partial charge in [-0.15, -0.1) is 0 Å². The number of ether oxygens (including phenoxy) is 1. The predicted molar refractivity (Wildman–Crippen MR) is 96.0 cm³/mol. The number of rotatable bonds is 5. The minimum Gasteiger partial charge on any atom is -0.495 e. The Morgan fingerprint density at radius 1 is 1.00 bits per heavy atom. The molecular formula is C18H21N3O3. The molecule has 6 heteroatoms. The third kappa shape index (κ3) is 4.25. The van der Waals surface area contributed by atoms with Gasteiger partial charge in [0.1, 0.15) is 5.75 Å². The summed E-state index contributed by atoms with van der Waals surface area (Å²) in [4.78, 5) is 25.6. The van der Waals surface area contributed by atoms with Crippen LogP contribution in [0.3, 0.4) is 0 Å². The summed E-state index contributed by atoms with van der Waals surface area (Å²) in [5, 5.41) is 5.49. The average Bonchev–Trinajstić information content (AvgIpc) is 2.54. The van der Waals surface area contributed by atoms with Crippen molar-refractivity contribution >= 4 is 28.9 Å². The van der Waals surface area contributed by atoms with E-state index in [-0.39, 0.29) is 11.8 Å². The molecule has 0 atom stereocenters. The van der Waals surface area contributed by atoms with E-state index in [0.717, 1.165) is 5.69 Å². The van der Waals surface area contributed by atoms with Crippen molar-refractivity contribution in [3.63, 3.8) is 0 Å². The number of hydrogen-bond acceptors (Lipinski definition) is 4. The van der Waals surface area contributed by atoms with Crippen LogP contribution in [0.5, 0.6) is 5.75 Å². The maximum atomic E-state index is 12.4. The van der Waals surface area contributed by atoms with E-state index in [9.17, 15) is 9.59 Å². The molecule has 0 fully saturated rings. The number of methoxy groups -OCH3 is 1. The molecule has 2 N–H and O–H groups in total. The van der Waals surface area contributed by atoms with Crippen LogP contribution < -0.4 is 20.3 Å². The second kappa shape index (κ2) is 7.50. The van der Waals surface area contributed by atoms with Gasteiger partial charge in [0, 0.05) is 38.0 Å². The number of hydrogen-bond donors (Lipinski definition) is 2. The minimum absolute atomic E-state index is 0.184. The summed E-state index contributed by atoms with van der Waals surface area (Å²) >= 11 is 0. The van der Waals surface area contributed by atoms with E-state index in [0.29, 0.717) is 22.7 Å². The first kappa shape index (κ1) is 17.3. The van der Waals surface area contributed by atoms with Gasteiger partial charge < -0.3 is 20.3 Å². The van der Waals surface area contributed by atoms with E-state index < -0.39 is 0 Å². The molecule has 0 heterocycles. The lowest BCUT2D eigenvalue weighted by Gasteiger charge is -2.14. The van der Waals surface area contributed by atoms with E-state index in [1.165, 1.54) is 14.0 Å². The number of benzene rings is 2. The molecule has 0 saturated heterocycles. The highest BCUT2D eigenvalue weighted by Crippen LogP contribution is 2.28. The number of anilines is 3. The third-order valence-electron chi connectivity index (χ3n) is 3.41. The van der Waals surface area contributed by atoms with Crippen molar-refractivity contribution in [2.24, 2.45) is 0 Å². The van der Waals surface area contributed by atoms with Crippen molar-refractivity contribution in [1.29, 1.82) is 0 Å². The van der Waals surface area contributed by atoms with Crippen molar-refractivity contribution in [3.05, 3.63) is 48.0 Å². The van der Waals surface area contributed by atoms with Gasteiger partial charge in [-0.05, 0) is 42.5 Å². The van der Waals surface area contributed by atoms with Gasteiger partial charge in [0.05, 0.1) is 12.8 Å². The maximum absolute atomic E-state index is 12.4. The van der Waals surface area contributed by atoms with Gasteiger partial charge in [-0.1, -0.05) is 0 Å². The summed E-state index contributed by atoms with van der Waals surface area (Å²) < 4.78 is 5.26. The van der Waals surface area contributed by atoms with E-state index >= 15 is 0 Å². The Morgan fingerprint density at radius 2 is 1.67 bits per heavy atom. The van der Waals surface area contributed by atoms with Gasteiger partial charge in [-0.3, -0.25) is 9.59 Å². The SMILES string of the molecule is COc1ccc(NC(C)=O)cc1NC(=O)c1ccc(N(C)C)cc1. The minimum atomic E-state index is -0.251. The largest absolute Gasteiger partial charge is 0.495 e. The smallest absolute Gasteiger partial charge is 0.255 e. The highest BCUT2D eigenvalue weighted by Gasteiger charge is 2.11. The fourth-order valence-corrected chi connectivity index (χ4v) is 2.19. The van der Waals surface area contributed by atoms with Crippen molar-refractivity contribution in [2.45, 2.75) is 6.92 Å². The molecule has 2 amide bonds. The molecule has 2 aromatic carbocycles. The van der Waals surface area contributed by atoms with E-state index in [1.807, 2.05) is 31.1 Å². The molecular weight excluding hydrogens is 306 g/mol. The molecule has 0 saturated carbocycles. The molecule has 0 aromatic heterocycles. The van der Waals surface area contributed by atoms with Crippen molar-refractivity contribution < 1.29 is 14.3 Å². The Bertz CT molecular complexity index is 740. The second-order valence-corrected chi connectivity index (χ2v) is 5.49. The fraction of sp³-hybridized carbons (Fsp3) is 0.222. The highest BCUT2D eigenvalue weighted by atomic mass is 16.5. The van der Waals surface area contributed by atoms with E-state index in [4.69, 9.17) is 4.74 Å². The van der Waals surface area contributed by atoms with Crippen LogP contribution in [-0.4, -0.2) is 33.0 Å². The Labute approximate surface area is 141 Å². The van der Waals surface area contributed by atoms with Gasteiger partial charge in [0.15, 0.2) is 0 Å². The van der Waals surface area contributed by atoms with Gasteiger partial charge in [-0.25, -0.2) is 0 Å². The zero-order valence-corrected chi connectivity index (χ0v) is 14.2. The topological polar surface area (TPSA) is 70.7 Å². The Kier molecular flexibility index (Phi) is 5.42. The third-order valence-corrected chi connectivity index (χ3v) is 3.41. The number of amides is 2. The molecule has 2 rings (SSSR count). The summed E-state index contributed by atoms with van der Waals surface area (Å²) in [6, 6.07) is 12.3. The van der Waals surface area contributed by atoms with Crippen LogP contribution in [-0.2, 0) is 4.79 Å². The Hall–Kier alpha value is -3.02. The summed E-state index contributed by atoms with van der Waals surface area (Å²) in [6.45, 7) is 1.43. The van der Waals surface area contributed by atoms with Crippen LogP contribution in [0.2, 0.25) is 0 Å². The van der Waals surface area contributed by atoms with Crippen LogP contribution in [0.1, 0.15) is 17.3 Å². The number of carbonyl (C=O) groups is 2. The first-order valence-corrected chi connectivity index (χ1v) is 7.45. The summed E-state index contributed by atoms with van der Waals surface area (Å²) in [5.41, 5.74) is 2.62. The van der Waals surface area contributed by atoms with Gasteiger partial charge in [-0.2, -0.15) is 0 Å². The molecule has 0 radical (unpaired) electrons. The molecule has 0 spiro atoms. The summed E-state index contributed by atoms with van der Waals surface area (Å²) in [6.07, 6.45) is 0. The van der Waals surface area contributed by atoms with E-state index in [1.54, 1.807) is 30.3 Å². The van der Waals surface area contributed by atoms with Crippen LogP contribution in [0, 0.1) is 0 Å². The number of nitrogens with one attached hydrogen (secondary N) is 2. The van der Waals surface area contributed by atoms with Gasteiger partial charge in [0.25, 0.3) is 5.91 Å². The monoisotopic (exact) mass is 327 g/mol. The maximum Gasteiger partial charge on any atom is 0.255 e. The normalized spacial score (nSPS) is 10.0. The lowest BCUT2D eigenvalue weighted by atomic mass is 10.1. The van der Waals surface area contributed by atoms with Crippen molar-refractivity contribution in [3.8, 4) is 5.75 Å². The summed E-state index contributed by atoms with van der Waals surface area (Å²) in [7, 11) is 5.40. The van der Waals surface area contributed by atoms with Crippen LogP contribution in [0.25, 0.3) is 0 Å². The molecule has 126 valence electrons. The lowest BCUT2D eigenvalue weighted by Crippen LogP contribution is -2.14. The zero-order chi connectivity index (χ0) is 17.7. The van der Waals surface area contributed by atoms with Gasteiger partial charge in [0.2, 0.25) is 5.91 Å². The number of nitrogens with zero attached hydrogens (tertiary/aromatic N) is 1. The van der Waals surface area contributed by atoms with Crippen LogP contribution in [0.15, 0.2) is 42.5 Å². The summed E-state index contributed by atoms with van der Waals surface area (Å²) in [5.74, 6) is 0.0812. The quantitative estimate of drug-likeness (QED) is 0.886. The lowest BCUT2D eigenvalue weighted by molar-refractivity contribution is -0.114. The molecule has 0 unspecified atom stereocenters. The van der Waals surface area contributed by atoms with Gasteiger partial charge >= 0.3 is 0 Å². The van der Waals surface area contributed by atoms with Crippen molar-refractivity contribution in [2.75, 3.05) is 36.7 Å². The second-order valence-electron chi connectivity index (χ2n) is 5.49. The first-order chi connectivity index (χ1) is 11.4. The Balaban J connectivity index is 2.22. The Morgan fingerprint density at radius 3 is 2.21 bits per heavy atom. The predicted octanol–water partition coefficient (Wildman–Crippen LogP) is 2.97. The van der Waals surface area contributed by atoms with Crippen LogP contribution >= 0.6 is 0 Å². The van der Waals surface area contributed by atoms with Crippen molar-refractivity contribution in [1.82, 2.24) is 0 Å². The molecule has 2 aromatic rings. The first-order valence-electron chi connectivity index (χ1n) is 7.45. The highest BCUT2D eigenvalue weighted by molar-refractivity contribution is 6.05. The van der Waals surface area contributed by atoms with E-state index in [2.05, 4.69) is 10.6 Å². The average molecular weight is 327 g/mol. The molecule has 0 aliphatic heterocycles. The molecule has 0 bridgehead atoms. The van der Waals surface area contributed by atoms with Crippen LogP contribution in [0.4, 0.5) is 17.1 Å². The number of carbonyl (C=O) groups excluding carboxylic acids is 2. The standard InChI is InChI=1S/C18H21N3O3/c1-12(22)19-14-7-10-17(24-4)16(11-14)20-18(23)13-5-8-15(9-6-13)21(2)3/h5-11H,1-4H3,(H,19,22)(H,20,23). The zero-order valence-electron chi connectivity index (χ0n) is 14.2. The molecule has 6 nitrogen and oxygen atoms in total. The molecule has 24 heavy (non-hydrogen) atoms.